The molecular formula is C16H22FN3O. The van der Waals surface area contributed by atoms with E-state index in [-0.39, 0.29) is 11.6 Å². The Morgan fingerprint density at radius 3 is 2.76 bits per heavy atom. The van der Waals surface area contributed by atoms with Crippen LogP contribution in [0.1, 0.15) is 30.9 Å². The zero-order valence-electron chi connectivity index (χ0n) is 13.0. The number of aromatic nitrogens is 2. The van der Waals surface area contributed by atoms with Crippen LogP contribution in [0.25, 0.3) is 0 Å². The van der Waals surface area contributed by atoms with E-state index in [1.165, 1.54) is 13.2 Å². The van der Waals surface area contributed by atoms with Gasteiger partial charge in [-0.1, -0.05) is 19.9 Å². The van der Waals surface area contributed by atoms with Gasteiger partial charge in [-0.2, -0.15) is 0 Å². The topological polar surface area (TPSA) is 39.1 Å². The summed E-state index contributed by atoms with van der Waals surface area (Å²) in [6.45, 7) is 7.51. The first-order valence-corrected chi connectivity index (χ1v) is 7.08. The van der Waals surface area contributed by atoms with Crippen molar-refractivity contribution in [1.29, 1.82) is 0 Å². The second-order valence-corrected chi connectivity index (χ2v) is 5.39. The van der Waals surface area contributed by atoms with Crippen molar-refractivity contribution in [2.45, 2.75) is 39.9 Å². The molecule has 2 aromatic rings. The average molecular weight is 291 g/mol. The molecular weight excluding hydrogens is 269 g/mol. The summed E-state index contributed by atoms with van der Waals surface area (Å²) in [6, 6.07) is 5.45. The third-order valence-corrected chi connectivity index (χ3v) is 3.39. The SMILES string of the molecule is COc1ccc(Cn2c(CNC(C)C)cnc2C)cc1F. The first-order chi connectivity index (χ1) is 10.0. The molecule has 0 spiro atoms. The number of nitrogens with zero attached hydrogens (tertiary/aromatic N) is 2. The van der Waals surface area contributed by atoms with Crippen molar-refractivity contribution in [1.82, 2.24) is 14.9 Å². The van der Waals surface area contributed by atoms with Crippen LogP contribution in [-0.2, 0) is 13.1 Å². The van der Waals surface area contributed by atoms with Crippen LogP contribution in [0.3, 0.4) is 0 Å². The van der Waals surface area contributed by atoms with Gasteiger partial charge in [0, 0.05) is 25.3 Å². The number of aryl methyl sites for hydroxylation is 1. The summed E-state index contributed by atoms with van der Waals surface area (Å²) in [5.74, 6) is 0.851. The zero-order valence-corrected chi connectivity index (χ0v) is 13.0. The summed E-state index contributed by atoms with van der Waals surface area (Å²) in [5.41, 5.74) is 1.98. The lowest BCUT2D eigenvalue weighted by molar-refractivity contribution is 0.386. The molecule has 1 heterocycles. The summed E-state index contributed by atoms with van der Waals surface area (Å²) in [6.07, 6.45) is 1.87. The van der Waals surface area contributed by atoms with Crippen LogP contribution in [-0.4, -0.2) is 22.7 Å². The van der Waals surface area contributed by atoms with E-state index in [1.54, 1.807) is 6.07 Å². The fourth-order valence-corrected chi connectivity index (χ4v) is 2.17. The van der Waals surface area contributed by atoms with Crippen LogP contribution < -0.4 is 10.1 Å². The molecule has 114 valence electrons. The number of nitrogens with one attached hydrogen (secondary N) is 1. The summed E-state index contributed by atoms with van der Waals surface area (Å²) in [4.78, 5) is 4.35. The maximum absolute atomic E-state index is 13.8. The van der Waals surface area contributed by atoms with Crippen LogP contribution in [0, 0.1) is 12.7 Å². The van der Waals surface area contributed by atoms with Gasteiger partial charge in [0.05, 0.1) is 12.8 Å². The molecule has 0 saturated heterocycles. The van der Waals surface area contributed by atoms with E-state index in [4.69, 9.17) is 4.74 Å². The van der Waals surface area contributed by atoms with Crippen molar-refractivity contribution in [3.8, 4) is 5.75 Å². The van der Waals surface area contributed by atoms with Gasteiger partial charge in [-0.05, 0) is 24.6 Å². The quantitative estimate of drug-likeness (QED) is 0.889. The lowest BCUT2D eigenvalue weighted by atomic mass is 10.2. The van der Waals surface area contributed by atoms with E-state index in [0.717, 1.165) is 23.6 Å². The first kappa shape index (κ1) is 15.5. The molecule has 1 aromatic heterocycles. The van der Waals surface area contributed by atoms with Crippen LogP contribution in [0.4, 0.5) is 4.39 Å². The third kappa shape index (κ3) is 3.82. The Kier molecular flexibility index (Phi) is 4.96. The molecule has 2 rings (SSSR count). The largest absolute Gasteiger partial charge is 0.494 e. The van der Waals surface area contributed by atoms with Crippen LogP contribution in [0.5, 0.6) is 5.75 Å². The monoisotopic (exact) mass is 291 g/mol. The number of imidazole rings is 1. The Hall–Kier alpha value is -1.88. The Bertz CT molecular complexity index is 608. The molecule has 5 heteroatoms. The summed E-state index contributed by atoms with van der Waals surface area (Å²) >= 11 is 0. The minimum atomic E-state index is -0.338. The molecule has 1 aromatic carbocycles. The Morgan fingerprint density at radius 1 is 1.38 bits per heavy atom. The molecule has 0 fully saturated rings. The smallest absolute Gasteiger partial charge is 0.165 e. The molecule has 0 atom stereocenters. The van der Waals surface area contributed by atoms with Gasteiger partial charge >= 0.3 is 0 Å². The minimum absolute atomic E-state index is 0.266. The number of ether oxygens (including phenoxy) is 1. The van der Waals surface area contributed by atoms with Crippen molar-refractivity contribution >= 4 is 0 Å². The highest BCUT2D eigenvalue weighted by Crippen LogP contribution is 2.19. The number of rotatable bonds is 6. The molecule has 0 aliphatic carbocycles. The predicted molar refractivity (Wildman–Crippen MR) is 81.0 cm³/mol. The van der Waals surface area contributed by atoms with Crippen LogP contribution in [0.15, 0.2) is 24.4 Å². The van der Waals surface area contributed by atoms with Gasteiger partial charge < -0.3 is 14.6 Å². The molecule has 1 N–H and O–H groups in total. The molecule has 21 heavy (non-hydrogen) atoms. The summed E-state index contributed by atoms with van der Waals surface area (Å²) in [7, 11) is 1.47. The van der Waals surface area contributed by atoms with Gasteiger partial charge in [-0.25, -0.2) is 9.37 Å². The van der Waals surface area contributed by atoms with Crippen molar-refractivity contribution in [3.05, 3.63) is 47.3 Å². The fraction of sp³-hybridized carbons (Fsp3) is 0.438. The van der Waals surface area contributed by atoms with Gasteiger partial charge in [-0.15, -0.1) is 0 Å². The normalized spacial score (nSPS) is 11.1. The first-order valence-electron chi connectivity index (χ1n) is 7.08. The number of halogens is 1. The molecule has 0 radical (unpaired) electrons. The van der Waals surface area contributed by atoms with E-state index in [1.807, 2.05) is 19.2 Å². The number of hydrogen-bond acceptors (Lipinski definition) is 3. The van der Waals surface area contributed by atoms with Crippen molar-refractivity contribution < 1.29 is 9.13 Å². The number of methoxy groups -OCH3 is 1. The number of hydrogen-bond donors (Lipinski definition) is 1. The van der Waals surface area contributed by atoms with Gasteiger partial charge in [-0.3, -0.25) is 0 Å². The second-order valence-electron chi connectivity index (χ2n) is 5.39. The van der Waals surface area contributed by atoms with Crippen LogP contribution >= 0.6 is 0 Å². The molecule has 4 nitrogen and oxygen atoms in total. The fourth-order valence-electron chi connectivity index (χ4n) is 2.17. The van der Waals surface area contributed by atoms with Gasteiger partial charge in [0.2, 0.25) is 0 Å². The van der Waals surface area contributed by atoms with E-state index >= 15 is 0 Å². The predicted octanol–water partition coefficient (Wildman–Crippen LogP) is 2.89. The van der Waals surface area contributed by atoms with Crippen molar-refractivity contribution in [3.63, 3.8) is 0 Å². The Morgan fingerprint density at radius 2 is 2.14 bits per heavy atom. The molecule has 0 amide bonds. The minimum Gasteiger partial charge on any atom is -0.494 e. The van der Waals surface area contributed by atoms with Crippen molar-refractivity contribution in [2.24, 2.45) is 0 Å². The van der Waals surface area contributed by atoms with E-state index in [9.17, 15) is 4.39 Å². The third-order valence-electron chi connectivity index (χ3n) is 3.39. The maximum atomic E-state index is 13.8. The summed E-state index contributed by atoms with van der Waals surface area (Å²) in [5, 5.41) is 3.38. The second kappa shape index (κ2) is 6.72. The standard InChI is InChI=1S/C16H22FN3O/c1-11(2)18-8-14-9-19-12(3)20(14)10-13-5-6-16(21-4)15(17)7-13/h5-7,9,11,18H,8,10H2,1-4H3. The lowest BCUT2D eigenvalue weighted by Gasteiger charge is -2.13. The highest BCUT2D eigenvalue weighted by molar-refractivity contribution is 5.29. The van der Waals surface area contributed by atoms with E-state index in [0.29, 0.717) is 12.6 Å². The summed E-state index contributed by atoms with van der Waals surface area (Å²) < 4.78 is 20.8. The van der Waals surface area contributed by atoms with Crippen molar-refractivity contribution in [2.75, 3.05) is 7.11 Å². The molecule has 0 aliphatic heterocycles. The highest BCUT2D eigenvalue weighted by Gasteiger charge is 2.09. The Balaban J connectivity index is 2.19. The van der Waals surface area contributed by atoms with Gasteiger partial charge in [0.15, 0.2) is 11.6 Å². The maximum Gasteiger partial charge on any atom is 0.165 e. The van der Waals surface area contributed by atoms with Gasteiger partial charge in [0.1, 0.15) is 5.82 Å². The molecule has 0 unspecified atom stereocenters. The molecule has 0 saturated carbocycles. The van der Waals surface area contributed by atoms with E-state index in [2.05, 4.69) is 28.7 Å². The molecule has 0 bridgehead atoms. The average Bonchev–Trinajstić information content (AvgIpc) is 2.78. The van der Waals surface area contributed by atoms with Gasteiger partial charge in [0.25, 0.3) is 0 Å². The van der Waals surface area contributed by atoms with Crippen LogP contribution in [0.2, 0.25) is 0 Å². The lowest BCUT2D eigenvalue weighted by Crippen LogP contribution is -2.23. The molecule has 0 aliphatic rings. The Labute approximate surface area is 125 Å². The van der Waals surface area contributed by atoms with E-state index < -0.39 is 0 Å². The highest BCUT2D eigenvalue weighted by atomic mass is 19.1. The number of benzene rings is 1. The zero-order chi connectivity index (χ0) is 15.4.